The molecule has 0 heterocycles. The molecule has 0 aliphatic heterocycles. The highest BCUT2D eigenvalue weighted by atomic mass is 16.3. The molecule has 16 heavy (non-hydrogen) atoms. The molecular formula is C13H19NO2. The van der Waals surface area contributed by atoms with E-state index in [1.54, 1.807) is 12.1 Å². The molecule has 3 nitrogen and oxygen atoms in total. The Bertz CT molecular complexity index is 345. The number of allylic oxidation sites excluding steroid dienone is 1. The van der Waals surface area contributed by atoms with Crippen molar-refractivity contribution in [2.75, 3.05) is 6.54 Å². The van der Waals surface area contributed by atoms with E-state index in [2.05, 4.69) is 6.58 Å². The molecule has 1 aromatic carbocycles. The molecule has 0 saturated carbocycles. The number of hydrogen-bond donors (Lipinski definition) is 3. The van der Waals surface area contributed by atoms with E-state index in [0.717, 1.165) is 11.1 Å². The quantitative estimate of drug-likeness (QED) is 0.705. The van der Waals surface area contributed by atoms with Gasteiger partial charge in [-0.2, -0.15) is 0 Å². The summed E-state index contributed by atoms with van der Waals surface area (Å²) in [5.41, 5.74) is 8.03. The Morgan fingerprint density at radius 3 is 2.31 bits per heavy atom. The molecule has 0 fully saturated rings. The van der Waals surface area contributed by atoms with Gasteiger partial charge in [0.25, 0.3) is 0 Å². The van der Waals surface area contributed by atoms with E-state index in [4.69, 9.17) is 5.73 Å². The monoisotopic (exact) mass is 221 g/mol. The van der Waals surface area contributed by atoms with Crippen LogP contribution in [0.3, 0.4) is 0 Å². The SMILES string of the molecule is C=C(C)c1ccc(C(O)C(O)CCN)cc1. The Balaban J connectivity index is 2.77. The second kappa shape index (κ2) is 5.80. The van der Waals surface area contributed by atoms with Crippen LogP contribution in [0.15, 0.2) is 30.8 Å². The number of rotatable bonds is 5. The first-order valence-corrected chi connectivity index (χ1v) is 5.38. The van der Waals surface area contributed by atoms with Gasteiger partial charge in [0.1, 0.15) is 6.10 Å². The average molecular weight is 221 g/mol. The summed E-state index contributed by atoms with van der Waals surface area (Å²) in [4.78, 5) is 0. The van der Waals surface area contributed by atoms with E-state index in [-0.39, 0.29) is 0 Å². The van der Waals surface area contributed by atoms with Crippen LogP contribution < -0.4 is 5.73 Å². The fraction of sp³-hybridized carbons (Fsp3) is 0.385. The third-order valence-corrected chi connectivity index (χ3v) is 2.57. The fourth-order valence-electron chi connectivity index (χ4n) is 1.52. The van der Waals surface area contributed by atoms with Crippen molar-refractivity contribution in [1.29, 1.82) is 0 Å². The van der Waals surface area contributed by atoms with Crippen LogP contribution in [0.4, 0.5) is 0 Å². The molecule has 88 valence electrons. The standard InChI is InChI=1S/C13H19NO2/c1-9(2)10-3-5-11(6-4-10)13(16)12(15)7-8-14/h3-6,12-13,15-16H,1,7-8,14H2,2H3. The zero-order chi connectivity index (χ0) is 12.1. The molecule has 0 amide bonds. The third-order valence-electron chi connectivity index (χ3n) is 2.57. The van der Waals surface area contributed by atoms with Crippen molar-refractivity contribution in [2.45, 2.75) is 25.6 Å². The van der Waals surface area contributed by atoms with Crippen LogP contribution in [0, 0.1) is 0 Å². The Morgan fingerprint density at radius 2 is 1.88 bits per heavy atom. The van der Waals surface area contributed by atoms with Crippen LogP contribution in [-0.4, -0.2) is 22.9 Å². The Morgan fingerprint density at radius 1 is 1.31 bits per heavy atom. The van der Waals surface area contributed by atoms with Crippen molar-refractivity contribution in [2.24, 2.45) is 5.73 Å². The highest BCUT2D eigenvalue weighted by Gasteiger charge is 2.17. The minimum atomic E-state index is -0.872. The van der Waals surface area contributed by atoms with Crippen LogP contribution in [-0.2, 0) is 0 Å². The van der Waals surface area contributed by atoms with E-state index >= 15 is 0 Å². The predicted molar refractivity (Wildman–Crippen MR) is 65.8 cm³/mol. The maximum Gasteiger partial charge on any atom is 0.105 e. The molecule has 0 bridgehead atoms. The number of hydrogen-bond acceptors (Lipinski definition) is 3. The molecule has 4 N–H and O–H groups in total. The van der Waals surface area contributed by atoms with Gasteiger partial charge in [0.2, 0.25) is 0 Å². The van der Waals surface area contributed by atoms with E-state index in [1.165, 1.54) is 0 Å². The molecule has 0 aliphatic carbocycles. The van der Waals surface area contributed by atoms with Gasteiger partial charge in [-0.15, -0.1) is 0 Å². The van der Waals surface area contributed by atoms with E-state index in [0.29, 0.717) is 18.5 Å². The first kappa shape index (κ1) is 12.9. The van der Waals surface area contributed by atoms with Crippen molar-refractivity contribution in [1.82, 2.24) is 0 Å². The van der Waals surface area contributed by atoms with Gasteiger partial charge in [-0.25, -0.2) is 0 Å². The lowest BCUT2D eigenvalue weighted by atomic mass is 9.99. The van der Waals surface area contributed by atoms with E-state index < -0.39 is 12.2 Å². The minimum absolute atomic E-state index is 0.363. The summed E-state index contributed by atoms with van der Waals surface area (Å²) in [5, 5.41) is 19.4. The van der Waals surface area contributed by atoms with Gasteiger partial charge in [-0.05, 0) is 31.0 Å². The van der Waals surface area contributed by atoms with Gasteiger partial charge >= 0.3 is 0 Å². The van der Waals surface area contributed by atoms with Crippen LogP contribution in [0.25, 0.3) is 5.57 Å². The molecule has 0 radical (unpaired) electrons. The average Bonchev–Trinajstić information content (AvgIpc) is 2.28. The molecule has 3 heteroatoms. The molecule has 0 aromatic heterocycles. The second-order valence-electron chi connectivity index (χ2n) is 3.99. The first-order chi connectivity index (χ1) is 7.56. The summed E-state index contributed by atoms with van der Waals surface area (Å²) in [6.07, 6.45) is -1.29. The van der Waals surface area contributed by atoms with E-state index in [9.17, 15) is 10.2 Å². The zero-order valence-corrected chi connectivity index (χ0v) is 9.56. The van der Waals surface area contributed by atoms with Gasteiger partial charge in [0.05, 0.1) is 6.10 Å². The van der Waals surface area contributed by atoms with Crippen LogP contribution >= 0.6 is 0 Å². The fourth-order valence-corrected chi connectivity index (χ4v) is 1.52. The zero-order valence-electron chi connectivity index (χ0n) is 9.56. The Labute approximate surface area is 96.2 Å². The number of nitrogens with two attached hydrogens (primary N) is 1. The summed E-state index contributed by atoms with van der Waals surface area (Å²) < 4.78 is 0. The van der Waals surface area contributed by atoms with E-state index in [1.807, 2.05) is 19.1 Å². The molecule has 2 atom stereocenters. The summed E-state index contributed by atoms with van der Waals surface area (Å²) in [6.45, 7) is 6.12. The minimum Gasteiger partial charge on any atom is -0.390 e. The maximum atomic E-state index is 9.82. The lowest BCUT2D eigenvalue weighted by Gasteiger charge is -2.17. The van der Waals surface area contributed by atoms with Crippen molar-refractivity contribution in [3.8, 4) is 0 Å². The Hall–Kier alpha value is -1.16. The lowest BCUT2D eigenvalue weighted by Crippen LogP contribution is -2.21. The van der Waals surface area contributed by atoms with Crippen LogP contribution in [0.2, 0.25) is 0 Å². The largest absolute Gasteiger partial charge is 0.390 e. The maximum absolute atomic E-state index is 9.82. The summed E-state index contributed by atoms with van der Waals surface area (Å²) in [6, 6.07) is 7.37. The molecular weight excluding hydrogens is 202 g/mol. The smallest absolute Gasteiger partial charge is 0.105 e. The molecule has 0 saturated heterocycles. The van der Waals surface area contributed by atoms with Crippen LogP contribution in [0.5, 0.6) is 0 Å². The normalized spacial score (nSPS) is 14.5. The summed E-state index contributed by atoms with van der Waals surface area (Å²) >= 11 is 0. The molecule has 1 rings (SSSR count). The van der Waals surface area contributed by atoms with Crippen molar-refractivity contribution in [3.05, 3.63) is 42.0 Å². The van der Waals surface area contributed by atoms with Gasteiger partial charge in [0, 0.05) is 0 Å². The molecule has 1 aromatic rings. The molecule has 0 spiro atoms. The van der Waals surface area contributed by atoms with Gasteiger partial charge < -0.3 is 15.9 Å². The van der Waals surface area contributed by atoms with Crippen molar-refractivity contribution >= 4 is 5.57 Å². The second-order valence-corrected chi connectivity index (χ2v) is 3.99. The van der Waals surface area contributed by atoms with Crippen molar-refractivity contribution < 1.29 is 10.2 Å². The van der Waals surface area contributed by atoms with Gasteiger partial charge in [0.15, 0.2) is 0 Å². The van der Waals surface area contributed by atoms with Gasteiger partial charge in [-0.3, -0.25) is 0 Å². The third kappa shape index (κ3) is 3.17. The van der Waals surface area contributed by atoms with Gasteiger partial charge in [-0.1, -0.05) is 36.4 Å². The highest BCUT2D eigenvalue weighted by molar-refractivity contribution is 5.61. The topological polar surface area (TPSA) is 66.5 Å². The summed E-state index contributed by atoms with van der Waals surface area (Å²) in [7, 11) is 0. The predicted octanol–water partition coefficient (Wildman–Crippen LogP) is 1.46. The molecule has 2 unspecified atom stereocenters. The molecule has 0 aliphatic rings. The number of aliphatic hydroxyl groups is 2. The lowest BCUT2D eigenvalue weighted by molar-refractivity contribution is 0.0150. The summed E-state index contributed by atoms with van der Waals surface area (Å²) in [5.74, 6) is 0. The number of aliphatic hydroxyl groups excluding tert-OH is 2. The first-order valence-electron chi connectivity index (χ1n) is 5.38. The number of benzene rings is 1. The van der Waals surface area contributed by atoms with Crippen molar-refractivity contribution in [3.63, 3.8) is 0 Å². The Kier molecular flexibility index (Phi) is 4.68. The highest BCUT2D eigenvalue weighted by Crippen LogP contribution is 2.21. The van der Waals surface area contributed by atoms with Crippen LogP contribution in [0.1, 0.15) is 30.6 Å².